The maximum atomic E-state index is 3.77. The summed E-state index contributed by atoms with van der Waals surface area (Å²) in [7, 11) is 0. The second kappa shape index (κ2) is 4.86. The Morgan fingerprint density at radius 2 is 1.93 bits per heavy atom. The fourth-order valence-electron chi connectivity index (χ4n) is 3.11. The van der Waals surface area contributed by atoms with E-state index in [2.05, 4.69) is 19.2 Å². The summed E-state index contributed by atoms with van der Waals surface area (Å²) in [5.74, 6) is 0.920. The number of nitrogens with one attached hydrogen (secondary N) is 1. The molecule has 2 saturated carbocycles. The minimum atomic E-state index is 0.679. The molecular formula is C14H27N. The molecule has 0 bridgehead atoms. The molecule has 0 aliphatic heterocycles. The van der Waals surface area contributed by atoms with Crippen LogP contribution in [0.2, 0.25) is 0 Å². The summed E-state index contributed by atoms with van der Waals surface area (Å²) in [5, 5.41) is 3.77. The molecule has 0 aromatic rings. The van der Waals surface area contributed by atoms with E-state index in [0.717, 1.165) is 12.0 Å². The largest absolute Gasteiger partial charge is 0.313 e. The Morgan fingerprint density at radius 1 is 1.27 bits per heavy atom. The molecule has 0 amide bonds. The van der Waals surface area contributed by atoms with Gasteiger partial charge >= 0.3 is 0 Å². The first-order chi connectivity index (χ1) is 7.24. The molecule has 15 heavy (non-hydrogen) atoms. The Bertz CT molecular complexity index is 190. The molecule has 1 N–H and O–H groups in total. The number of hydrogen-bond donors (Lipinski definition) is 1. The van der Waals surface area contributed by atoms with Crippen LogP contribution in [0.3, 0.4) is 0 Å². The van der Waals surface area contributed by atoms with Crippen molar-refractivity contribution in [3.63, 3.8) is 0 Å². The summed E-state index contributed by atoms with van der Waals surface area (Å²) in [4.78, 5) is 0. The molecule has 0 saturated heterocycles. The average molecular weight is 209 g/mol. The van der Waals surface area contributed by atoms with E-state index in [4.69, 9.17) is 0 Å². The van der Waals surface area contributed by atoms with Gasteiger partial charge in [-0.1, -0.05) is 33.1 Å². The first kappa shape index (κ1) is 11.4. The monoisotopic (exact) mass is 209 g/mol. The minimum absolute atomic E-state index is 0.679. The van der Waals surface area contributed by atoms with Crippen molar-refractivity contribution in [2.45, 2.75) is 71.3 Å². The Labute approximate surface area is 95.0 Å². The highest BCUT2D eigenvalue weighted by Crippen LogP contribution is 2.43. The SMILES string of the molecule is CCC(C)CC1(CNC2CC2)CCCC1. The van der Waals surface area contributed by atoms with Crippen LogP contribution in [-0.4, -0.2) is 12.6 Å². The van der Waals surface area contributed by atoms with Crippen LogP contribution in [0.25, 0.3) is 0 Å². The molecule has 0 spiro atoms. The van der Waals surface area contributed by atoms with E-state index in [1.54, 1.807) is 0 Å². The van der Waals surface area contributed by atoms with Gasteiger partial charge in [-0.05, 0) is 43.4 Å². The maximum absolute atomic E-state index is 3.77. The lowest BCUT2D eigenvalue weighted by Crippen LogP contribution is -2.34. The van der Waals surface area contributed by atoms with Crippen molar-refractivity contribution >= 4 is 0 Å². The lowest BCUT2D eigenvalue weighted by molar-refractivity contribution is 0.214. The lowest BCUT2D eigenvalue weighted by Gasteiger charge is -2.32. The third-order valence-electron chi connectivity index (χ3n) is 4.49. The summed E-state index contributed by atoms with van der Waals surface area (Å²) >= 11 is 0. The average Bonchev–Trinajstić information content (AvgIpc) is 2.97. The van der Waals surface area contributed by atoms with Crippen LogP contribution in [0.5, 0.6) is 0 Å². The molecule has 2 aliphatic carbocycles. The first-order valence-electron chi connectivity index (χ1n) is 6.97. The zero-order valence-electron chi connectivity index (χ0n) is 10.5. The Kier molecular flexibility index (Phi) is 3.71. The smallest absolute Gasteiger partial charge is 0.00684 e. The molecule has 0 radical (unpaired) electrons. The van der Waals surface area contributed by atoms with Crippen molar-refractivity contribution in [2.24, 2.45) is 11.3 Å². The first-order valence-corrected chi connectivity index (χ1v) is 6.97. The zero-order valence-corrected chi connectivity index (χ0v) is 10.5. The molecule has 2 aliphatic rings. The maximum Gasteiger partial charge on any atom is 0.00684 e. The molecule has 2 rings (SSSR count). The van der Waals surface area contributed by atoms with Crippen LogP contribution in [0.1, 0.15) is 65.2 Å². The van der Waals surface area contributed by atoms with E-state index in [1.165, 1.54) is 57.9 Å². The fourth-order valence-corrected chi connectivity index (χ4v) is 3.11. The van der Waals surface area contributed by atoms with E-state index >= 15 is 0 Å². The minimum Gasteiger partial charge on any atom is -0.313 e. The standard InChI is InChI=1S/C14H27N/c1-3-12(2)10-14(8-4-5-9-14)11-15-13-6-7-13/h12-13,15H,3-11H2,1-2H3. The van der Waals surface area contributed by atoms with Gasteiger partial charge in [0.25, 0.3) is 0 Å². The van der Waals surface area contributed by atoms with Gasteiger partial charge in [0.2, 0.25) is 0 Å². The van der Waals surface area contributed by atoms with Crippen molar-refractivity contribution in [3.05, 3.63) is 0 Å². The van der Waals surface area contributed by atoms with Gasteiger partial charge in [-0.15, -0.1) is 0 Å². The summed E-state index contributed by atoms with van der Waals surface area (Å²) in [5.41, 5.74) is 0.679. The number of hydrogen-bond acceptors (Lipinski definition) is 1. The molecule has 1 nitrogen and oxygen atoms in total. The highest BCUT2D eigenvalue weighted by atomic mass is 15.0. The van der Waals surface area contributed by atoms with Gasteiger partial charge in [0, 0.05) is 12.6 Å². The summed E-state index contributed by atoms with van der Waals surface area (Å²) in [6.07, 6.45) is 11.6. The van der Waals surface area contributed by atoms with Crippen molar-refractivity contribution < 1.29 is 0 Å². The van der Waals surface area contributed by atoms with Crippen LogP contribution >= 0.6 is 0 Å². The highest BCUT2D eigenvalue weighted by molar-refractivity contribution is 4.91. The third-order valence-corrected chi connectivity index (χ3v) is 4.49. The van der Waals surface area contributed by atoms with E-state index in [-0.39, 0.29) is 0 Å². The zero-order chi connectivity index (χ0) is 10.7. The van der Waals surface area contributed by atoms with Gasteiger partial charge in [-0.25, -0.2) is 0 Å². The lowest BCUT2D eigenvalue weighted by atomic mass is 9.77. The van der Waals surface area contributed by atoms with Gasteiger partial charge < -0.3 is 5.32 Å². The Balaban J connectivity index is 1.83. The molecule has 88 valence electrons. The quantitative estimate of drug-likeness (QED) is 0.703. The molecule has 2 fully saturated rings. The normalized spacial score (nSPS) is 26.8. The second-order valence-corrected chi connectivity index (χ2v) is 6.08. The third kappa shape index (κ3) is 3.21. The molecule has 1 unspecified atom stereocenters. The predicted octanol–water partition coefficient (Wildman–Crippen LogP) is 3.74. The molecule has 0 heterocycles. The van der Waals surface area contributed by atoms with Crippen LogP contribution in [0.4, 0.5) is 0 Å². The van der Waals surface area contributed by atoms with Crippen molar-refractivity contribution in [3.8, 4) is 0 Å². The van der Waals surface area contributed by atoms with Crippen LogP contribution in [0.15, 0.2) is 0 Å². The number of rotatable bonds is 6. The van der Waals surface area contributed by atoms with Crippen LogP contribution < -0.4 is 5.32 Å². The highest BCUT2D eigenvalue weighted by Gasteiger charge is 2.36. The molecule has 1 heteroatoms. The van der Waals surface area contributed by atoms with Gasteiger partial charge in [-0.2, -0.15) is 0 Å². The Morgan fingerprint density at radius 3 is 2.47 bits per heavy atom. The van der Waals surface area contributed by atoms with Crippen molar-refractivity contribution in [1.29, 1.82) is 0 Å². The topological polar surface area (TPSA) is 12.0 Å². The Hall–Kier alpha value is -0.0400. The summed E-state index contributed by atoms with van der Waals surface area (Å²) in [6, 6.07) is 0.888. The van der Waals surface area contributed by atoms with Gasteiger partial charge in [-0.3, -0.25) is 0 Å². The van der Waals surface area contributed by atoms with Gasteiger partial charge in [0.05, 0.1) is 0 Å². The van der Waals surface area contributed by atoms with E-state index in [1.807, 2.05) is 0 Å². The van der Waals surface area contributed by atoms with Crippen LogP contribution in [0, 0.1) is 11.3 Å². The van der Waals surface area contributed by atoms with E-state index in [0.29, 0.717) is 5.41 Å². The summed E-state index contributed by atoms with van der Waals surface area (Å²) in [6.45, 7) is 6.07. The second-order valence-electron chi connectivity index (χ2n) is 6.08. The predicted molar refractivity (Wildman–Crippen MR) is 66.0 cm³/mol. The fraction of sp³-hybridized carbons (Fsp3) is 1.00. The van der Waals surface area contributed by atoms with Gasteiger partial charge in [0.15, 0.2) is 0 Å². The summed E-state index contributed by atoms with van der Waals surface area (Å²) < 4.78 is 0. The molecule has 1 atom stereocenters. The van der Waals surface area contributed by atoms with E-state index < -0.39 is 0 Å². The van der Waals surface area contributed by atoms with Gasteiger partial charge in [0.1, 0.15) is 0 Å². The molecular weight excluding hydrogens is 182 g/mol. The van der Waals surface area contributed by atoms with E-state index in [9.17, 15) is 0 Å². The molecule has 0 aromatic heterocycles. The van der Waals surface area contributed by atoms with Crippen molar-refractivity contribution in [1.82, 2.24) is 5.32 Å². The molecule has 0 aromatic carbocycles. The van der Waals surface area contributed by atoms with Crippen molar-refractivity contribution in [2.75, 3.05) is 6.54 Å². The van der Waals surface area contributed by atoms with Crippen LogP contribution in [-0.2, 0) is 0 Å².